The van der Waals surface area contributed by atoms with E-state index in [2.05, 4.69) is 0 Å². The summed E-state index contributed by atoms with van der Waals surface area (Å²) in [6.45, 7) is 0. The fourth-order valence-corrected chi connectivity index (χ4v) is 2.18. The van der Waals surface area contributed by atoms with E-state index >= 15 is 0 Å². The largest absolute Gasteiger partial charge is 0.462 e. The van der Waals surface area contributed by atoms with Gasteiger partial charge in [0.25, 0.3) is 0 Å². The van der Waals surface area contributed by atoms with Gasteiger partial charge in [0.2, 0.25) is 0 Å². The van der Waals surface area contributed by atoms with Crippen LogP contribution in [0.25, 0.3) is 0 Å². The van der Waals surface area contributed by atoms with Crippen LogP contribution in [0.15, 0.2) is 0 Å². The van der Waals surface area contributed by atoms with E-state index in [0.717, 1.165) is 0 Å². The summed E-state index contributed by atoms with van der Waals surface area (Å²) in [6.07, 6.45) is 0.250. The third-order valence-electron chi connectivity index (χ3n) is 2.41. The molecule has 0 aromatic rings. The molecule has 4 unspecified atom stereocenters. The van der Waals surface area contributed by atoms with E-state index in [-0.39, 0.29) is 23.4 Å². The molecule has 11 heavy (non-hydrogen) atoms. The van der Waals surface area contributed by atoms with Gasteiger partial charge in [-0.15, -0.1) is 11.6 Å². The molecular formula is C7H9ClO3. The zero-order valence-electron chi connectivity index (χ0n) is 5.87. The Kier molecular flexibility index (Phi) is 1.58. The van der Waals surface area contributed by atoms with E-state index in [0.29, 0.717) is 12.8 Å². The molecule has 1 aliphatic heterocycles. The molecule has 0 aromatic carbocycles. The highest BCUT2D eigenvalue weighted by Crippen LogP contribution is 2.39. The number of fused-ring (bicyclic) bond motifs is 1. The molecule has 0 aromatic heterocycles. The van der Waals surface area contributed by atoms with Crippen molar-refractivity contribution in [3.05, 3.63) is 0 Å². The van der Waals surface area contributed by atoms with Gasteiger partial charge in [0.1, 0.15) is 6.10 Å². The van der Waals surface area contributed by atoms with E-state index in [4.69, 9.17) is 16.3 Å². The summed E-state index contributed by atoms with van der Waals surface area (Å²) in [5, 5.41) is 8.97. The summed E-state index contributed by atoms with van der Waals surface area (Å²) < 4.78 is 4.94. The first-order chi connectivity index (χ1) is 5.18. The van der Waals surface area contributed by atoms with Crippen LogP contribution < -0.4 is 0 Å². The van der Waals surface area contributed by atoms with Gasteiger partial charge in [-0.2, -0.15) is 0 Å². The summed E-state index contributed by atoms with van der Waals surface area (Å²) in [5.41, 5.74) is 0. The Morgan fingerprint density at radius 3 is 3.00 bits per heavy atom. The Morgan fingerprint density at radius 2 is 2.36 bits per heavy atom. The molecule has 0 radical (unpaired) electrons. The summed E-state index contributed by atoms with van der Waals surface area (Å²) >= 11 is 5.85. The van der Waals surface area contributed by atoms with Crippen LogP contribution in [0.4, 0.5) is 0 Å². The van der Waals surface area contributed by atoms with E-state index in [1.807, 2.05) is 0 Å². The smallest absolute Gasteiger partial charge is 0.306 e. The van der Waals surface area contributed by atoms with Crippen molar-refractivity contribution in [2.24, 2.45) is 5.92 Å². The van der Waals surface area contributed by atoms with Gasteiger partial charge < -0.3 is 9.84 Å². The third-order valence-corrected chi connectivity index (χ3v) is 3.03. The summed E-state index contributed by atoms with van der Waals surface area (Å²) in [6, 6.07) is 0. The van der Waals surface area contributed by atoms with Crippen molar-refractivity contribution in [2.75, 3.05) is 0 Å². The lowest BCUT2D eigenvalue weighted by molar-refractivity contribution is -0.141. The fourth-order valence-electron chi connectivity index (χ4n) is 1.82. The molecule has 1 N–H and O–H groups in total. The number of ether oxygens (including phenoxy) is 1. The number of alkyl halides is 1. The van der Waals surface area contributed by atoms with Crippen molar-refractivity contribution in [2.45, 2.75) is 30.4 Å². The number of hydrogen-bond acceptors (Lipinski definition) is 3. The van der Waals surface area contributed by atoms with Crippen LogP contribution in [0.5, 0.6) is 0 Å². The molecule has 4 atom stereocenters. The third kappa shape index (κ3) is 1.03. The Hall–Kier alpha value is -0.280. The summed E-state index contributed by atoms with van der Waals surface area (Å²) in [5.74, 6) is -0.142. The van der Waals surface area contributed by atoms with Gasteiger partial charge in [0.05, 0.1) is 17.9 Å². The fraction of sp³-hybridized carbons (Fsp3) is 0.857. The quantitative estimate of drug-likeness (QED) is 0.426. The Balaban J connectivity index is 2.13. The zero-order chi connectivity index (χ0) is 8.01. The predicted octanol–water partition coefficient (Wildman–Crippen LogP) is 0.290. The monoisotopic (exact) mass is 176 g/mol. The molecule has 0 amide bonds. The van der Waals surface area contributed by atoms with Crippen LogP contribution in [0.3, 0.4) is 0 Å². The van der Waals surface area contributed by atoms with Gasteiger partial charge in [-0.05, 0) is 0 Å². The van der Waals surface area contributed by atoms with Gasteiger partial charge in [-0.3, -0.25) is 4.79 Å². The predicted molar refractivity (Wildman–Crippen MR) is 38.3 cm³/mol. The van der Waals surface area contributed by atoms with Crippen LogP contribution in [0, 0.1) is 5.92 Å². The maximum atomic E-state index is 10.7. The molecule has 1 saturated carbocycles. The van der Waals surface area contributed by atoms with E-state index in [9.17, 15) is 9.90 Å². The van der Waals surface area contributed by atoms with E-state index in [1.54, 1.807) is 0 Å². The molecule has 1 aliphatic carbocycles. The number of halogens is 1. The molecule has 0 spiro atoms. The van der Waals surface area contributed by atoms with E-state index < -0.39 is 6.10 Å². The number of esters is 1. The molecule has 2 aliphatic rings. The minimum absolute atomic E-state index is 0.0409. The van der Waals surface area contributed by atoms with Crippen molar-refractivity contribution in [1.29, 1.82) is 0 Å². The van der Waals surface area contributed by atoms with Gasteiger partial charge >= 0.3 is 5.97 Å². The highest BCUT2D eigenvalue weighted by Gasteiger charge is 2.48. The van der Waals surface area contributed by atoms with Crippen molar-refractivity contribution in [3.63, 3.8) is 0 Å². The topological polar surface area (TPSA) is 46.5 Å². The van der Waals surface area contributed by atoms with Crippen molar-refractivity contribution >= 4 is 17.6 Å². The lowest BCUT2D eigenvalue weighted by atomic mass is 10.0. The second kappa shape index (κ2) is 2.35. The summed E-state index contributed by atoms with van der Waals surface area (Å²) in [4.78, 5) is 10.7. The first-order valence-electron chi connectivity index (χ1n) is 3.70. The van der Waals surface area contributed by atoms with Crippen molar-refractivity contribution < 1.29 is 14.6 Å². The second-order valence-corrected chi connectivity index (χ2v) is 3.65. The molecule has 1 heterocycles. The van der Waals surface area contributed by atoms with Crippen LogP contribution >= 0.6 is 11.6 Å². The Morgan fingerprint density at radius 1 is 1.64 bits per heavy atom. The van der Waals surface area contributed by atoms with Crippen molar-refractivity contribution in [3.8, 4) is 0 Å². The lowest BCUT2D eigenvalue weighted by Gasteiger charge is -2.08. The Labute approximate surface area is 69.3 Å². The lowest BCUT2D eigenvalue weighted by Crippen LogP contribution is -2.19. The summed E-state index contributed by atoms with van der Waals surface area (Å²) in [7, 11) is 0. The van der Waals surface area contributed by atoms with Crippen molar-refractivity contribution in [1.82, 2.24) is 0 Å². The molecular weight excluding hydrogens is 168 g/mol. The number of aliphatic hydroxyl groups is 1. The molecule has 2 rings (SSSR count). The maximum absolute atomic E-state index is 10.7. The number of hydrogen-bond donors (Lipinski definition) is 1. The SMILES string of the molecule is O=C1CC2C(CC(O)C2Cl)O1. The molecule has 3 nitrogen and oxygen atoms in total. The molecule has 2 fully saturated rings. The Bertz CT molecular complexity index is 194. The minimum atomic E-state index is -0.500. The molecule has 0 bridgehead atoms. The number of rotatable bonds is 0. The first kappa shape index (κ1) is 7.37. The number of aliphatic hydroxyl groups excluding tert-OH is 1. The number of carbonyl (C=O) groups excluding carboxylic acids is 1. The van der Waals surface area contributed by atoms with Crippen LogP contribution in [0.1, 0.15) is 12.8 Å². The second-order valence-electron chi connectivity index (χ2n) is 3.14. The minimum Gasteiger partial charge on any atom is -0.462 e. The van der Waals surface area contributed by atoms with Crippen LogP contribution in [0.2, 0.25) is 0 Å². The molecule has 62 valence electrons. The zero-order valence-corrected chi connectivity index (χ0v) is 6.62. The average Bonchev–Trinajstić information content (AvgIpc) is 2.37. The van der Waals surface area contributed by atoms with Crippen LogP contribution in [-0.2, 0) is 9.53 Å². The highest BCUT2D eigenvalue weighted by molar-refractivity contribution is 6.21. The average molecular weight is 177 g/mol. The highest BCUT2D eigenvalue weighted by atomic mass is 35.5. The van der Waals surface area contributed by atoms with E-state index in [1.165, 1.54) is 0 Å². The van der Waals surface area contributed by atoms with Gasteiger partial charge in [-0.25, -0.2) is 0 Å². The van der Waals surface area contributed by atoms with Crippen LogP contribution in [-0.4, -0.2) is 28.7 Å². The first-order valence-corrected chi connectivity index (χ1v) is 4.14. The maximum Gasteiger partial charge on any atom is 0.306 e. The van der Waals surface area contributed by atoms with Gasteiger partial charge in [-0.1, -0.05) is 0 Å². The normalized spacial score (nSPS) is 49.1. The van der Waals surface area contributed by atoms with Gasteiger partial charge in [0, 0.05) is 12.3 Å². The van der Waals surface area contributed by atoms with Gasteiger partial charge in [0.15, 0.2) is 0 Å². The molecule has 1 saturated heterocycles. The molecule has 4 heteroatoms. The standard InChI is InChI=1S/C7H9ClO3/c8-7-3-1-6(10)11-5(3)2-4(7)9/h3-5,7,9H,1-2H2. The number of carbonyl (C=O) groups is 1.